The molecule has 2 rings (SSSR count). The van der Waals surface area contributed by atoms with E-state index in [1.165, 1.54) is 6.42 Å². The second-order valence-corrected chi connectivity index (χ2v) is 6.37. The molecule has 3 nitrogen and oxygen atoms in total. The quantitative estimate of drug-likeness (QED) is 0.796. The lowest BCUT2D eigenvalue weighted by atomic mass is 9.68. The van der Waals surface area contributed by atoms with Crippen LogP contribution in [-0.4, -0.2) is 5.91 Å². The zero-order valence-electron chi connectivity index (χ0n) is 12.1. The minimum atomic E-state index is 0.0851. The smallest absolute Gasteiger partial charge is 0.228 e. The summed E-state index contributed by atoms with van der Waals surface area (Å²) in [4.78, 5) is 12.5. The number of amides is 1. The number of nitrogen functional groups attached to an aromatic ring is 1. The van der Waals surface area contributed by atoms with Gasteiger partial charge in [0.25, 0.3) is 0 Å². The first kappa shape index (κ1) is 13.9. The summed E-state index contributed by atoms with van der Waals surface area (Å²) in [5, 5.41) is 3.00. The van der Waals surface area contributed by atoms with E-state index >= 15 is 0 Å². The fourth-order valence-corrected chi connectivity index (χ4v) is 3.00. The first-order chi connectivity index (χ1) is 8.90. The Balaban J connectivity index is 2.12. The van der Waals surface area contributed by atoms with E-state index in [9.17, 15) is 4.79 Å². The number of hydrogen-bond donors (Lipinski definition) is 2. The maximum Gasteiger partial charge on any atom is 0.228 e. The van der Waals surface area contributed by atoms with E-state index in [4.69, 9.17) is 5.73 Å². The second-order valence-electron chi connectivity index (χ2n) is 6.37. The Kier molecular flexibility index (Phi) is 3.83. The molecule has 19 heavy (non-hydrogen) atoms. The van der Waals surface area contributed by atoms with Crippen LogP contribution in [0.2, 0.25) is 0 Å². The van der Waals surface area contributed by atoms with Gasteiger partial charge in [0.2, 0.25) is 5.91 Å². The van der Waals surface area contributed by atoms with Crippen molar-refractivity contribution >= 4 is 17.3 Å². The Morgan fingerprint density at radius 2 is 2.11 bits per heavy atom. The molecule has 0 spiro atoms. The van der Waals surface area contributed by atoms with E-state index < -0.39 is 0 Å². The van der Waals surface area contributed by atoms with Crippen molar-refractivity contribution in [1.82, 2.24) is 0 Å². The molecule has 104 valence electrons. The Bertz CT molecular complexity index is 480. The minimum absolute atomic E-state index is 0.0851. The molecule has 3 heteroatoms. The van der Waals surface area contributed by atoms with Crippen molar-refractivity contribution in [3.05, 3.63) is 23.8 Å². The predicted octanol–water partition coefficient (Wildman–Crippen LogP) is 3.73. The topological polar surface area (TPSA) is 55.1 Å². The van der Waals surface area contributed by atoms with E-state index in [1.807, 2.05) is 25.1 Å². The third-order valence-corrected chi connectivity index (χ3v) is 4.29. The van der Waals surface area contributed by atoms with Crippen LogP contribution in [0.3, 0.4) is 0 Å². The fraction of sp³-hybridized carbons (Fsp3) is 0.562. The summed E-state index contributed by atoms with van der Waals surface area (Å²) >= 11 is 0. The highest BCUT2D eigenvalue weighted by molar-refractivity contribution is 5.95. The first-order valence-electron chi connectivity index (χ1n) is 7.07. The molecule has 1 aromatic carbocycles. The molecular weight excluding hydrogens is 236 g/mol. The van der Waals surface area contributed by atoms with Crippen molar-refractivity contribution in [2.24, 2.45) is 11.3 Å². The Labute approximate surface area is 115 Å². The Hall–Kier alpha value is -1.51. The summed E-state index contributed by atoms with van der Waals surface area (Å²) in [7, 11) is 0. The average molecular weight is 260 g/mol. The van der Waals surface area contributed by atoms with Crippen molar-refractivity contribution in [3.8, 4) is 0 Å². The molecule has 1 amide bonds. The average Bonchev–Trinajstić information content (AvgIpc) is 2.32. The Morgan fingerprint density at radius 3 is 2.74 bits per heavy atom. The van der Waals surface area contributed by atoms with Gasteiger partial charge in [0, 0.05) is 5.92 Å². The molecule has 3 N–H and O–H groups in total. The monoisotopic (exact) mass is 260 g/mol. The van der Waals surface area contributed by atoms with Crippen LogP contribution >= 0.6 is 0 Å². The highest BCUT2D eigenvalue weighted by Crippen LogP contribution is 2.41. The SMILES string of the molecule is Cc1ccc(NC(=O)C2CCCCC2(C)C)c(N)c1. The lowest BCUT2D eigenvalue weighted by Crippen LogP contribution is -2.37. The molecule has 1 saturated carbocycles. The summed E-state index contributed by atoms with van der Waals surface area (Å²) in [5.74, 6) is 0.196. The van der Waals surface area contributed by atoms with Gasteiger partial charge in [0.05, 0.1) is 11.4 Å². The molecular formula is C16H24N2O. The number of carbonyl (C=O) groups is 1. The summed E-state index contributed by atoms with van der Waals surface area (Å²) in [5.41, 5.74) is 8.52. The predicted molar refractivity (Wildman–Crippen MR) is 80.0 cm³/mol. The highest BCUT2D eigenvalue weighted by atomic mass is 16.1. The molecule has 1 aromatic rings. The van der Waals surface area contributed by atoms with Gasteiger partial charge >= 0.3 is 0 Å². The molecule has 1 fully saturated rings. The Morgan fingerprint density at radius 1 is 1.37 bits per heavy atom. The third kappa shape index (κ3) is 3.09. The number of hydrogen-bond acceptors (Lipinski definition) is 2. The van der Waals surface area contributed by atoms with Gasteiger partial charge in [-0.25, -0.2) is 0 Å². The van der Waals surface area contributed by atoms with Crippen molar-refractivity contribution in [1.29, 1.82) is 0 Å². The molecule has 0 bridgehead atoms. The maximum absolute atomic E-state index is 12.5. The summed E-state index contributed by atoms with van der Waals surface area (Å²) in [6, 6.07) is 5.75. The summed E-state index contributed by atoms with van der Waals surface area (Å²) in [6.07, 6.45) is 4.47. The van der Waals surface area contributed by atoms with Crippen LogP contribution in [0.1, 0.15) is 45.1 Å². The molecule has 0 aromatic heterocycles. The van der Waals surface area contributed by atoms with E-state index in [0.717, 1.165) is 30.5 Å². The number of carbonyl (C=O) groups excluding carboxylic acids is 1. The third-order valence-electron chi connectivity index (χ3n) is 4.29. The van der Waals surface area contributed by atoms with Gasteiger partial charge in [-0.15, -0.1) is 0 Å². The molecule has 0 heterocycles. The molecule has 1 unspecified atom stereocenters. The van der Waals surface area contributed by atoms with Crippen molar-refractivity contribution < 1.29 is 4.79 Å². The zero-order valence-corrected chi connectivity index (χ0v) is 12.1. The number of anilines is 2. The number of rotatable bonds is 2. The van der Waals surface area contributed by atoms with Gasteiger partial charge in [-0.1, -0.05) is 32.8 Å². The molecule has 1 atom stereocenters. The number of nitrogens with two attached hydrogens (primary N) is 1. The van der Waals surface area contributed by atoms with Gasteiger partial charge in [-0.2, -0.15) is 0 Å². The zero-order chi connectivity index (χ0) is 14.0. The standard InChI is InChI=1S/C16H24N2O/c1-11-7-8-14(13(17)10-11)18-15(19)12-6-4-5-9-16(12,2)3/h7-8,10,12H,4-6,9,17H2,1-3H3,(H,18,19). The van der Waals surface area contributed by atoms with Crippen LogP contribution in [-0.2, 0) is 4.79 Å². The fourth-order valence-electron chi connectivity index (χ4n) is 3.00. The van der Waals surface area contributed by atoms with Crippen molar-refractivity contribution in [3.63, 3.8) is 0 Å². The lowest BCUT2D eigenvalue weighted by molar-refractivity contribution is -0.124. The lowest BCUT2D eigenvalue weighted by Gasteiger charge is -2.37. The minimum Gasteiger partial charge on any atom is -0.397 e. The van der Waals surface area contributed by atoms with Crippen LogP contribution in [0.15, 0.2) is 18.2 Å². The maximum atomic E-state index is 12.5. The molecule has 1 aliphatic carbocycles. The van der Waals surface area contributed by atoms with E-state index in [0.29, 0.717) is 5.69 Å². The van der Waals surface area contributed by atoms with Crippen LogP contribution in [0.4, 0.5) is 11.4 Å². The van der Waals surface area contributed by atoms with Crippen molar-refractivity contribution in [2.75, 3.05) is 11.1 Å². The highest BCUT2D eigenvalue weighted by Gasteiger charge is 2.37. The van der Waals surface area contributed by atoms with Crippen LogP contribution in [0, 0.1) is 18.3 Å². The van der Waals surface area contributed by atoms with E-state index in [1.54, 1.807) is 0 Å². The normalized spacial score (nSPS) is 21.9. The van der Waals surface area contributed by atoms with Gasteiger partial charge in [0.15, 0.2) is 0 Å². The van der Waals surface area contributed by atoms with E-state index in [2.05, 4.69) is 19.2 Å². The molecule has 0 aliphatic heterocycles. The largest absolute Gasteiger partial charge is 0.397 e. The first-order valence-corrected chi connectivity index (χ1v) is 7.07. The molecule has 0 radical (unpaired) electrons. The van der Waals surface area contributed by atoms with Gasteiger partial charge in [-0.05, 0) is 42.9 Å². The summed E-state index contributed by atoms with van der Waals surface area (Å²) < 4.78 is 0. The number of nitrogens with one attached hydrogen (secondary N) is 1. The molecule has 0 saturated heterocycles. The number of benzene rings is 1. The van der Waals surface area contributed by atoms with Crippen LogP contribution in [0.5, 0.6) is 0 Å². The molecule has 1 aliphatic rings. The van der Waals surface area contributed by atoms with E-state index in [-0.39, 0.29) is 17.2 Å². The number of aryl methyl sites for hydroxylation is 1. The van der Waals surface area contributed by atoms with Crippen LogP contribution in [0.25, 0.3) is 0 Å². The van der Waals surface area contributed by atoms with Crippen molar-refractivity contribution in [2.45, 2.75) is 46.5 Å². The van der Waals surface area contributed by atoms with Gasteiger partial charge in [-0.3, -0.25) is 4.79 Å². The van der Waals surface area contributed by atoms with Gasteiger partial charge < -0.3 is 11.1 Å². The van der Waals surface area contributed by atoms with Crippen LogP contribution < -0.4 is 11.1 Å². The second kappa shape index (κ2) is 5.24. The summed E-state index contributed by atoms with van der Waals surface area (Å²) in [6.45, 7) is 6.37. The van der Waals surface area contributed by atoms with Gasteiger partial charge in [0.1, 0.15) is 0 Å².